The van der Waals surface area contributed by atoms with E-state index in [4.69, 9.17) is 0 Å². The van der Waals surface area contributed by atoms with Crippen LogP contribution in [0.25, 0.3) is 0 Å². The van der Waals surface area contributed by atoms with Gasteiger partial charge < -0.3 is 5.32 Å². The third kappa shape index (κ3) is 3.67. The summed E-state index contributed by atoms with van der Waals surface area (Å²) in [4.78, 5) is 0. The highest BCUT2D eigenvalue weighted by Gasteiger charge is 2.19. The summed E-state index contributed by atoms with van der Waals surface area (Å²) in [6, 6.07) is 9.63. The first-order valence-electron chi connectivity index (χ1n) is 7.28. The van der Waals surface area contributed by atoms with Crippen LogP contribution in [0.4, 0.5) is 8.78 Å². The molecule has 0 saturated carbocycles. The second-order valence-electron chi connectivity index (χ2n) is 5.41. The largest absolute Gasteiger partial charge is 0.306 e. The number of rotatable bonds is 5. The Morgan fingerprint density at radius 1 is 1.00 bits per heavy atom. The van der Waals surface area contributed by atoms with E-state index in [1.807, 2.05) is 19.9 Å². The summed E-state index contributed by atoms with van der Waals surface area (Å²) in [5, 5.41) is 3.36. The molecule has 0 amide bonds. The van der Waals surface area contributed by atoms with Gasteiger partial charge in [-0.3, -0.25) is 0 Å². The molecule has 0 saturated heterocycles. The third-order valence-electron chi connectivity index (χ3n) is 3.61. The number of nitrogens with one attached hydrogen (secondary N) is 1. The van der Waals surface area contributed by atoms with E-state index in [1.54, 1.807) is 12.1 Å². The SMILES string of the molecule is CCCNC(c1ccc(F)cc1C)c1ccc(C)cc1F. The molecule has 0 aliphatic rings. The van der Waals surface area contributed by atoms with Crippen molar-refractivity contribution in [3.63, 3.8) is 0 Å². The van der Waals surface area contributed by atoms with Crippen LogP contribution in [0.1, 0.15) is 41.6 Å². The molecular formula is C18H21F2N. The summed E-state index contributed by atoms with van der Waals surface area (Å²) in [5.41, 5.74) is 3.22. The molecular weight excluding hydrogens is 268 g/mol. The van der Waals surface area contributed by atoms with Gasteiger partial charge in [0.25, 0.3) is 0 Å². The minimum atomic E-state index is -0.269. The molecule has 2 aromatic carbocycles. The minimum Gasteiger partial charge on any atom is -0.306 e. The Bertz CT molecular complexity index is 571. The summed E-state index contributed by atoms with van der Waals surface area (Å²) in [6.45, 7) is 6.55. The Morgan fingerprint density at radius 2 is 1.71 bits per heavy atom. The van der Waals surface area contributed by atoms with E-state index >= 15 is 0 Å². The molecule has 0 fully saturated rings. The van der Waals surface area contributed by atoms with Gasteiger partial charge in [0.2, 0.25) is 0 Å². The highest BCUT2D eigenvalue weighted by Crippen LogP contribution is 2.28. The Balaban J connectivity index is 2.46. The molecule has 0 bridgehead atoms. The first-order chi connectivity index (χ1) is 10.0. The van der Waals surface area contributed by atoms with E-state index in [-0.39, 0.29) is 17.7 Å². The van der Waals surface area contributed by atoms with Crippen LogP contribution in [0.5, 0.6) is 0 Å². The number of hydrogen-bond acceptors (Lipinski definition) is 1. The molecule has 2 rings (SSSR count). The zero-order valence-electron chi connectivity index (χ0n) is 12.7. The van der Waals surface area contributed by atoms with E-state index < -0.39 is 0 Å². The maximum atomic E-state index is 14.3. The van der Waals surface area contributed by atoms with Gasteiger partial charge in [-0.25, -0.2) is 8.78 Å². The molecule has 112 valence electrons. The van der Waals surface area contributed by atoms with Crippen molar-refractivity contribution >= 4 is 0 Å². The van der Waals surface area contributed by atoms with Gasteiger partial charge in [-0.05, 0) is 61.7 Å². The first kappa shape index (κ1) is 15.6. The number of aryl methyl sites for hydroxylation is 2. The van der Waals surface area contributed by atoms with Crippen molar-refractivity contribution in [3.05, 3.63) is 70.3 Å². The molecule has 3 heteroatoms. The zero-order chi connectivity index (χ0) is 15.4. The Morgan fingerprint density at radius 3 is 2.33 bits per heavy atom. The fourth-order valence-electron chi connectivity index (χ4n) is 2.51. The van der Waals surface area contributed by atoms with E-state index in [9.17, 15) is 8.78 Å². The smallest absolute Gasteiger partial charge is 0.128 e. The molecule has 0 heterocycles. The second kappa shape index (κ2) is 6.81. The van der Waals surface area contributed by atoms with Crippen molar-refractivity contribution in [1.82, 2.24) is 5.32 Å². The quantitative estimate of drug-likeness (QED) is 0.843. The minimum absolute atomic E-state index is 0.229. The van der Waals surface area contributed by atoms with E-state index in [1.165, 1.54) is 18.2 Å². The number of benzene rings is 2. The van der Waals surface area contributed by atoms with Crippen LogP contribution in [0.2, 0.25) is 0 Å². The summed E-state index contributed by atoms with van der Waals surface area (Å²) in [5.74, 6) is -0.498. The molecule has 21 heavy (non-hydrogen) atoms. The lowest BCUT2D eigenvalue weighted by atomic mass is 9.93. The third-order valence-corrected chi connectivity index (χ3v) is 3.61. The molecule has 1 unspecified atom stereocenters. The summed E-state index contributed by atoms with van der Waals surface area (Å²) in [7, 11) is 0. The van der Waals surface area contributed by atoms with Gasteiger partial charge in [-0.2, -0.15) is 0 Å². The summed E-state index contributed by atoms with van der Waals surface area (Å²) < 4.78 is 27.6. The van der Waals surface area contributed by atoms with Crippen molar-refractivity contribution < 1.29 is 8.78 Å². The van der Waals surface area contributed by atoms with E-state index in [0.29, 0.717) is 5.56 Å². The van der Waals surface area contributed by atoms with Gasteiger partial charge in [0, 0.05) is 5.56 Å². The van der Waals surface area contributed by atoms with Crippen LogP contribution >= 0.6 is 0 Å². The van der Waals surface area contributed by atoms with Gasteiger partial charge >= 0.3 is 0 Å². The first-order valence-corrected chi connectivity index (χ1v) is 7.28. The highest BCUT2D eigenvalue weighted by molar-refractivity contribution is 5.38. The van der Waals surface area contributed by atoms with Gasteiger partial charge in [0.05, 0.1) is 6.04 Å². The lowest BCUT2D eigenvalue weighted by Gasteiger charge is -2.22. The number of halogens is 2. The Hall–Kier alpha value is -1.74. The molecule has 0 spiro atoms. The van der Waals surface area contributed by atoms with E-state index in [2.05, 4.69) is 12.2 Å². The molecule has 0 aliphatic carbocycles. The monoisotopic (exact) mass is 289 g/mol. The molecule has 0 aromatic heterocycles. The molecule has 1 N–H and O–H groups in total. The molecule has 0 radical (unpaired) electrons. The standard InChI is InChI=1S/C18H21F2N/c1-4-9-21-18(15-8-6-14(19)11-13(15)3)16-7-5-12(2)10-17(16)20/h5-8,10-11,18,21H,4,9H2,1-3H3. The van der Waals surface area contributed by atoms with Crippen LogP contribution in [0.15, 0.2) is 36.4 Å². The van der Waals surface area contributed by atoms with Crippen molar-refractivity contribution in [2.24, 2.45) is 0 Å². The maximum absolute atomic E-state index is 14.3. The normalized spacial score (nSPS) is 12.4. The Labute approximate surface area is 125 Å². The van der Waals surface area contributed by atoms with Crippen LogP contribution in [-0.2, 0) is 0 Å². The van der Waals surface area contributed by atoms with Gasteiger partial charge in [0.15, 0.2) is 0 Å². The highest BCUT2D eigenvalue weighted by atomic mass is 19.1. The van der Waals surface area contributed by atoms with Crippen LogP contribution in [-0.4, -0.2) is 6.54 Å². The molecule has 0 aliphatic heterocycles. The van der Waals surface area contributed by atoms with Gasteiger partial charge in [-0.1, -0.05) is 25.1 Å². The lowest BCUT2D eigenvalue weighted by Crippen LogP contribution is -2.25. The molecule has 1 atom stereocenters. The van der Waals surface area contributed by atoms with Crippen molar-refractivity contribution in [3.8, 4) is 0 Å². The van der Waals surface area contributed by atoms with Gasteiger partial charge in [-0.15, -0.1) is 0 Å². The zero-order valence-corrected chi connectivity index (χ0v) is 12.7. The van der Waals surface area contributed by atoms with Gasteiger partial charge in [0.1, 0.15) is 11.6 Å². The van der Waals surface area contributed by atoms with Crippen molar-refractivity contribution in [2.75, 3.05) is 6.54 Å². The fraction of sp³-hybridized carbons (Fsp3) is 0.333. The number of hydrogen-bond donors (Lipinski definition) is 1. The van der Waals surface area contributed by atoms with Crippen LogP contribution in [0.3, 0.4) is 0 Å². The van der Waals surface area contributed by atoms with Crippen molar-refractivity contribution in [2.45, 2.75) is 33.2 Å². The van der Waals surface area contributed by atoms with Crippen LogP contribution in [0, 0.1) is 25.5 Å². The topological polar surface area (TPSA) is 12.0 Å². The van der Waals surface area contributed by atoms with Crippen molar-refractivity contribution in [1.29, 1.82) is 0 Å². The molecule has 2 aromatic rings. The van der Waals surface area contributed by atoms with Crippen LogP contribution < -0.4 is 5.32 Å². The maximum Gasteiger partial charge on any atom is 0.128 e. The molecule has 1 nitrogen and oxygen atoms in total. The average molecular weight is 289 g/mol. The predicted octanol–water partition coefficient (Wildman–Crippen LogP) is 4.67. The summed E-state index contributed by atoms with van der Waals surface area (Å²) >= 11 is 0. The average Bonchev–Trinajstić information content (AvgIpc) is 2.42. The van der Waals surface area contributed by atoms with E-state index in [0.717, 1.165) is 29.7 Å². The predicted molar refractivity (Wildman–Crippen MR) is 82.4 cm³/mol. The lowest BCUT2D eigenvalue weighted by molar-refractivity contribution is 0.543. The second-order valence-corrected chi connectivity index (χ2v) is 5.41. The Kier molecular flexibility index (Phi) is 5.07. The summed E-state index contributed by atoms with van der Waals surface area (Å²) in [6.07, 6.45) is 0.949. The fourth-order valence-corrected chi connectivity index (χ4v) is 2.51.